The molecule has 0 unspecified atom stereocenters. The van der Waals surface area contributed by atoms with Gasteiger partial charge in [0.2, 0.25) is 5.91 Å². The average Bonchev–Trinajstić information content (AvgIpc) is 3.09. The lowest BCUT2D eigenvalue weighted by atomic mass is 10.0. The lowest BCUT2D eigenvalue weighted by molar-refractivity contribution is -0.118. The van der Waals surface area contributed by atoms with Crippen LogP contribution in [-0.4, -0.2) is 5.91 Å². The van der Waals surface area contributed by atoms with Crippen LogP contribution in [0.2, 0.25) is 0 Å². The maximum Gasteiger partial charge on any atom is 0.231 e. The van der Waals surface area contributed by atoms with Gasteiger partial charge in [0.15, 0.2) is 0 Å². The molecule has 4 rings (SSSR count). The standard InChI is InChI=1S/C18H13NOS2/c19-18(20)17(15-9-11-5-1-3-7-13(11)21-15)16-10-12-6-2-4-8-14(12)22-16/h1-10,17H,(H2,19,20). The van der Waals surface area contributed by atoms with Crippen molar-refractivity contribution in [3.63, 3.8) is 0 Å². The first-order valence-electron chi connectivity index (χ1n) is 6.98. The van der Waals surface area contributed by atoms with E-state index >= 15 is 0 Å². The molecule has 2 heterocycles. The zero-order valence-electron chi connectivity index (χ0n) is 11.7. The van der Waals surface area contributed by atoms with Crippen LogP contribution in [-0.2, 0) is 4.79 Å². The molecule has 0 saturated heterocycles. The molecule has 2 aromatic heterocycles. The number of thiophene rings is 2. The number of amides is 1. The fourth-order valence-corrected chi connectivity index (χ4v) is 5.17. The van der Waals surface area contributed by atoms with E-state index in [1.54, 1.807) is 22.7 Å². The second-order valence-electron chi connectivity index (χ2n) is 5.21. The van der Waals surface area contributed by atoms with E-state index in [4.69, 9.17) is 5.73 Å². The Labute approximate surface area is 135 Å². The number of fused-ring (bicyclic) bond motifs is 2. The summed E-state index contributed by atoms with van der Waals surface area (Å²) in [6.07, 6.45) is 0. The number of rotatable bonds is 3. The van der Waals surface area contributed by atoms with Crippen LogP contribution in [0.4, 0.5) is 0 Å². The van der Waals surface area contributed by atoms with Crippen LogP contribution in [0, 0.1) is 0 Å². The third-order valence-electron chi connectivity index (χ3n) is 3.74. The van der Waals surface area contributed by atoms with Gasteiger partial charge in [-0.3, -0.25) is 4.79 Å². The van der Waals surface area contributed by atoms with E-state index in [2.05, 4.69) is 36.4 Å². The van der Waals surface area contributed by atoms with Crippen molar-refractivity contribution in [1.29, 1.82) is 0 Å². The van der Waals surface area contributed by atoms with Crippen molar-refractivity contribution in [2.45, 2.75) is 5.92 Å². The summed E-state index contributed by atoms with van der Waals surface area (Å²) in [6.45, 7) is 0. The van der Waals surface area contributed by atoms with Crippen LogP contribution in [0.25, 0.3) is 20.2 Å². The summed E-state index contributed by atoms with van der Waals surface area (Å²) in [5.74, 6) is -0.659. The molecule has 0 aliphatic rings. The number of hydrogen-bond donors (Lipinski definition) is 1. The summed E-state index contributed by atoms with van der Waals surface area (Å²) < 4.78 is 2.37. The molecule has 4 heteroatoms. The van der Waals surface area contributed by atoms with Gasteiger partial charge in [0.25, 0.3) is 0 Å². The summed E-state index contributed by atoms with van der Waals surface area (Å²) >= 11 is 3.29. The number of hydrogen-bond acceptors (Lipinski definition) is 3. The maximum absolute atomic E-state index is 12.1. The highest BCUT2D eigenvalue weighted by molar-refractivity contribution is 7.20. The Bertz CT molecular complexity index is 843. The van der Waals surface area contributed by atoms with Crippen molar-refractivity contribution in [2.24, 2.45) is 5.73 Å². The minimum Gasteiger partial charge on any atom is -0.369 e. The molecule has 0 spiro atoms. The number of carbonyl (C=O) groups excluding carboxylic acids is 1. The first kappa shape index (κ1) is 13.5. The molecule has 2 aromatic carbocycles. The van der Waals surface area contributed by atoms with Crippen LogP contribution in [0.1, 0.15) is 15.7 Å². The molecular formula is C18H13NOS2. The van der Waals surface area contributed by atoms with E-state index in [-0.39, 0.29) is 11.8 Å². The van der Waals surface area contributed by atoms with Gasteiger partial charge in [-0.15, -0.1) is 22.7 Å². The Morgan fingerprint density at radius 2 is 1.27 bits per heavy atom. The summed E-state index contributed by atoms with van der Waals surface area (Å²) in [5, 5.41) is 2.32. The van der Waals surface area contributed by atoms with Gasteiger partial charge in [0.05, 0.1) is 0 Å². The minimum atomic E-state index is -0.366. The smallest absolute Gasteiger partial charge is 0.231 e. The number of benzene rings is 2. The molecule has 0 fully saturated rings. The predicted octanol–water partition coefficient (Wildman–Crippen LogP) is 4.73. The fourth-order valence-electron chi connectivity index (χ4n) is 2.71. The van der Waals surface area contributed by atoms with Gasteiger partial charge in [-0.05, 0) is 35.0 Å². The molecule has 1 amide bonds. The molecule has 0 aliphatic carbocycles. The van der Waals surface area contributed by atoms with E-state index < -0.39 is 0 Å². The number of carbonyl (C=O) groups is 1. The molecule has 0 saturated carbocycles. The van der Waals surface area contributed by atoms with Gasteiger partial charge < -0.3 is 5.73 Å². The highest BCUT2D eigenvalue weighted by Gasteiger charge is 2.24. The van der Waals surface area contributed by atoms with Gasteiger partial charge >= 0.3 is 0 Å². The van der Waals surface area contributed by atoms with Crippen LogP contribution >= 0.6 is 22.7 Å². The van der Waals surface area contributed by atoms with E-state index in [1.165, 1.54) is 9.40 Å². The van der Waals surface area contributed by atoms with E-state index in [9.17, 15) is 4.79 Å². The molecule has 108 valence electrons. The molecule has 4 aromatic rings. The highest BCUT2D eigenvalue weighted by atomic mass is 32.1. The van der Waals surface area contributed by atoms with Gasteiger partial charge in [0.1, 0.15) is 5.92 Å². The summed E-state index contributed by atoms with van der Waals surface area (Å²) in [6, 6.07) is 20.5. The zero-order chi connectivity index (χ0) is 15.1. The summed E-state index contributed by atoms with van der Waals surface area (Å²) in [7, 11) is 0. The van der Waals surface area contributed by atoms with E-state index in [0.29, 0.717) is 0 Å². The second-order valence-corrected chi connectivity index (χ2v) is 7.44. The van der Waals surface area contributed by atoms with Crippen molar-refractivity contribution in [3.8, 4) is 0 Å². The van der Waals surface area contributed by atoms with Crippen LogP contribution in [0.3, 0.4) is 0 Å². The average molecular weight is 323 g/mol. The normalized spacial score (nSPS) is 11.5. The summed E-state index contributed by atoms with van der Waals surface area (Å²) in [4.78, 5) is 14.1. The Kier molecular flexibility index (Phi) is 3.21. The molecule has 2 N–H and O–H groups in total. The SMILES string of the molecule is NC(=O)C(c1cc2ccccc2s1)c1cc2ccccc2s1. The first-order valence-corrected chi connectivity index (χ1v) is 8.62. The Balaban J connectivity index is 1.88. The fraction of sp³-hybridized carbons (Fsp3) is 0.0556. The van der Waals surface area contributed by atoms with E-state index in [1.807, 2.05) is 24.3 Å². The molecule has 2 nitrogen and oxygen atoms in total. The van der Waals surface area contributed by atoms with Gasteiger partial charge in [0, 0.05) is 19.2 Å². The van der Waals surface area contributed by atoms with Gasteiger partial charge in [-0.1, -0.05) is 36.4 Å². The first-order chi connectivity index (χ1) is 10.7. The lowest BCUT2D eigenvalue weighted by Crippen LogP contribution is -2.20. The topological polar surface area (TPSA) is 43.1 Å². The molecule has 0 radical (unpaired) electrons. The maximum atomic E-state index is 12.1. The predicted molar refractivity (Wildman–Crippen MR) is 94.7 cm³/mol. The van der Waals surface area contributed by atoms with Crippen molar-refractivity contribution in [1.82, 2.24) is 0 Å². The lowest BCUT2D eigenvalue weighted by Gasteiger charge is -2.08. The Hall–Kier alpha value is -2.17. The highest BCUT2D eigenvalue weighted by Crippen LogP contribution is 2.39. The molecule has 22 heavy (non-hydrogen) atoms. The molecule has 0 bridgehead atoms. The second kappa shape index (κ2) is 5.23. The van der Waals surface area contributed by atoms with Crippen molar-refractivity contribution in [3.05, 3.63) is 70.4 Å². The molecule has 0 atom stereocenters. The Morgan fingerprint density at radius 1 is 0.818 bits per heavy atom. The quantitative estimate of drug-likeness (QED) is 0.582. The minimum absolute atomic E-state index is 0.293. The zero-order valence-corrected chi connectivity index (χ0v) is 13.3. The largest absolute Gasteiger partial charge is 0.369 e. The third kappa shape index (κ3) is 2.21. The van der Waals surface area contributed by atoms with Crippen LogP contribution in [0.5, 0.6) is 0 Å². The Morgan fingerprint density at radius 3 is 1.68 bits per heavy atom. The number of primary amides is 1. The van der Waals surface area contributed by atoms with Crippen molar-refractivity contribution < 1.29 is 4.79 Å². The van der Waals surface area contributed by atoms with Crippen molar-refractivity contribution in [2.75, 3.05) is 0 Å². The molecule has 0 aliphatic heterocycles. The van der Waals surface area contributed by atoms with Crippen LogP contribution in [0.15, 0.2) is 60.7 Å². The third-order valence-corrected chi connectivity index (χ3v) is 6.10. The van der Waals surface area contributed by atoms with Gasteiger partial charge in [-0.25, -0.2) is 0 Å². The summed E-state index contributed by atoms with van der Waals surface area (Å²) in [5.41, 5.74) is 5.72. The van der Waals surface area contributed by atoms with Gasteiger partial charge in [-0.2, -0.15) is 0 Å². The van der Waals surface area contributed by atoms with Crippen molar-refractivity contribution >= 4 is 48.8 Å². The van der Waals surface area contributed by atoms with E-state index in [0.717, 1.165) is 20.5 Å². The monoisotopic (exact) mass is 323 g/mol. The molecular weight excluding hydrogens is 310 g/mol. The van der Waals surface area contributed by atoms with Crippen LogP contribution < -0.4 is 5.73 Å². The number of nitrogens with two attached hydrogens (primary N) is 1.